The fourth-order valence-corrected chi connectivity index (χ4v) is 6.66. The van der Waals surface area contributed by atoms with Crippen molar-refractivity contribution in [3.8, 4) is 0 Å². The normalized spacial score (nSPS) is 12.4. The topological polar surface area (TPSA) is 58.9 Å². The summed E-state index contributed by atoms with van der Waals surface area (Å²) in [6.07, 6.45) is 42.6. The van der Waals surface area contributed by atoms with Crippen LogP contribution in [0.1, 0.15) is 219 Å². The molecule has 41 heavy (non-hydrogen) atoms. The smallest absolute Gasteiger partial charge is 0.0654 e. The molecule has 0 aliphatic heterocycles. The van der Waals surface area contributed by atoms with Gasteiger partial charge in [0.15, 0.2) is 0 Å². The van der Waals surface area contributed by atoms with Gasteiger partial charge in [-0.15, -0.1) is 0 Å². The molecule has 0 aliphatic carbocycles. The zero-order chi connectivity index (χ0) is 30.0. The first-order valence-electron chi connectivity index (χ1n) is 18.8. The van der Waals surface area contributed by atoms with E-state index in [2.05, 4.69) is 13.8 Å². The second kappa shape index (κ2) is 34.8. The third-order valence-corrected chi connectivity index (χ3v) is 9.74. The molecule has 4 nitrogen and oxygen atoms in total. The predicted octanol–water partition coefficient (Wildman–Crippen LogP) is 12.9. The van der Waals surface area contributed by atoms with Crippen molar-refractivity contribution in [3.05, 3.63) is 0 Å². The molecule has 0 saturated carbocycles. The first-order valence-corrected chi connectivity index (χ1v) is 20.6. The van der Waals surface area contributed by atoms with Gasteiger partial charge in [-0.1, -0.05) is 90.9 Å². The molecule has 0 aromatic carbocycles. The quantitative estimate of drug-likeness (QED) is 0.0551. The van der Waals surface area contributed by atoms with Crippen LogP contribution >= 0.6 is 8.17 Å². The van der Waals surface area contributed by atoms with E-state index in [0.29, 0.717) is 13.2 Å². The zero-order valence-electron chi connectivity index (χ0n) is 28.3. The van der Waals surface area contributed by atoms with Crippen LogP contribution in [0.3, 0.4) is 0 Å². The number of hydrogen-bond donors (Lipinski definition) is 2. The molecule has 0 unspecified atom stereocenters. The minimum Gasteiger partial charge on any atom is -0.0654 e. The van der Waals surface area contributed by atoms with Gasteiger partial charge in [-0.25, -0.2) is 0 Å². The molecule has 250 valence electrons. The Bertz CT molecular complexity index is 434. The number of rotatable bonds is 36. The van der Waals surface area contributed by atoms with Crippen molar-refractivity contribution in [2.45, 2.75) is 219 Å². The van der Waals surface area contributed by atoms with E-state index in [0.717, 1.165) is 25.7 Å². The van der Waals surface area contributed by atoms with E-state index in [1.807, 2.05) is 0 Å². The summed E-state index contributed by atoms with van der Waals surface area (Å²) in [6, 6.07) is 0. The molecule has 0 aromatic heterocycles. The van der Waals surface area contributed by atoms with Gasteiger partial charge in [0, 0.05) is 0 Å². The Balaban J connectivity index is 3.26. The molecule has 0 fully saturated rings. The Labute approximate surface area is 259 Å². The Kier molecular flexibility index (Phi) is 35.0. The molecule has 0 atom stereocenters. The van der Waals surface area contributed by atoms with Gasteiger partial charge < -0.3 is 0 Å². The van der Waals surface area contributed by atoms with Gasteiger partial charge in [0.05, 0.1) is 0 Å². The van der Waals surface area contributed by atoms with E-state index in [1.165, 1.54) is 180 Å². The molecule has 0 amide bonds. The maximum absolute atomic E-state index is 10.0. The molecule has 5 heteroatoms. The van der Waals surface area contributed by atoms with Gasteiger partial charge in [0.25, 0.3) is 0 Å². The minimum atomic E-state index is -3.92. The van der Waals surface area contributed by atoms with Crippen LogP contribution in [0.25, 0.3) is 0 Å². The van der Waals surface area contributed by atoms with Gasteiger partial charge in [-0.05, 0) is 0 Å². The SMILES string of the molecule is CCCCCCCCCCCCCCCCCCO[PH](O)(O)OCCCCCCCCCCCCCCCCCC. The van der Waals surface area contributed by atoms with Crippen LogP contribution in [0, 0.1) is 0 Å². The van der Waals surface area contributed by atoms with Crippen molar-refractivity contribution in [2.75, 3.05) is 13.2 Å². The average Bonchev–Trinajstić information content (AvgIpc) is 2.96. The van der Waals surface area contributed by atoms with Crippen molar-refractivity contribution < 1.29 is 18.8 Å². The van der Waals surface area contributed by atoms with E-state index in [4.69, 9.17) is 9.05 Å². The molecular weight excluding hydrogens is 527 g/mol. The molecule has 0 radical (unpaired) electrons. The Morgan fingerprint density at radius 3 is 0.659 bits per heavy atom. The molecule has 2 N–H and O–H groups in total. The molecule has 0 aromatic rings. The third kappa shape index (κ3) is 36.4. The van der Waals surface area contributed by atoms with Crippen LogP contribution < -0.4 is 0 Å². The Morgan fingerprint density at radius 2 is 0.463 bits per heavy atom. The first-order chi connectivity index (χ1) is 20.1. The standard InChI is InChI=1S/C36H77O4P/c1-3-5-7-9-11-13-15-17-19-21-23-25-27-29-31-33-35-39-41(37,38)40-36-34-32-30-28-26-24-22-20-18-16-14-12-10-8-6-4-2/h37-38,41H,3-36H2,1-2H3. The summed E-state index contributed by atoms with van der Waals surface area (Å²) >= 11 is 0. The monoisotopic (exact) mass is 605 g/mol. The molecule has 0 spiro atoms. The molecular formula is C36H77O4P. The molecule has 0 bridgehead atoms. The summed E-state index contributed by atoms with van der Waals surface area (Å²) < 4.78 is 10.6. The van der Waals surface area contributed by atoms with Crippen LogP contribution in [0.2, 0.25) is 0 Å². The van der Waals surface area contributed by atoms with Gasteiger partial charge in [0.2, 0.25) is 0 Å². The van der Waals surface area contributed by atoms with Crippen molar-refractivity contribution in [3.63, 3.8) is 0 Å². The third-order valence-electron chi connectivity index (χ3n) is 8.58. The maximum atomic E-state index is 10.0. The van der Waals surface area contributed by atoms with Gasteiger partial charge in [-0.3, -0.25) is 0 Å². The van der Waals surface area contributed by atoms with Crippen molar-refractivity contribution in [1.82, 2.24) is 0 Å². The molecule has 0 aliphatic rings. The van der Waals surface area contributed by atoms with E-state index in [-0.39, 0.29) is 0 Å². The van der Waals surface area contributed by atoms with Crippen molar-refractivity contribution >= 4 is 8.17 Å². The van der Waals surface area contributed by atoms with E-state index in [1.54, 1.807) is 0 Å². The fraction of sp³-hybridized carbons (Fsp3) is 1.00. The van der Waals surface area contributed by atoms with Crippen LogP contribution in [-0.4, -0.2) is 23.0 Å². The molecule has 0 rings (SSSR count). The fourth-order valence-electron chi connectivity index (χ4n) is 5.75. The second-order valence-electron chi connectivity index (χ2n) is 12.9. The number of hydrogen-bond acceptors (Lipinski definition) is 4. The molecule has 0 heterocycles. The van der Waals surface area contributed by atoms with Crippen molar-refractivity contribution in [2.24, 2.45) is 0 Å². The van der Waals surface area contributed by atoms with Gasteiger partial charge in [-0.2, -0.15) is 0 Å². The zero-order valence-corrected chi connectivity index (χ0v) is 29.3. The second-order valence-corrected chi connectivity index (χ2v) is 14.5. The van der Waals surface area contributed by atoms with Gasteiger partial charge in [0.1, 0.15) is 0 Å². The Hall–Kier alpha value is 0.270. The predicted molar refractivity (Wildman–Crippen MR) is 184 cm³/mol. The summed E-state index contributed by atoms with van der Waals surface area (Å²) in [5.41, 5.74) is 0. The van der Waals surface area contributed by atoms with E-state index in [9.17, 15) is 9.79 Å². The van der Waals surface area contributed by atoms with Crippen molar-refractivity contribution in [1.29, 1.82) is 0 Å². The van der Waals surface area contributed by atoms with E-state index < -0.39 is 8.17 Å². The molecule has 0 saturated heterocycles. The van der Waals surface area contributed by atoms with Gasteiger partial charge >= 0.3 is 169 Å². The van der Waals surface area contributed by atoms with E-state index >= 15 is 0 Å². The first kappa shape index (κ1) is 41.3. The van der Waals surface area contributed by atoms with Crippen LogP contribution in [0.4, 0.5) is 0 Å². The minimum absolute atomic E-state index is 0.399. The average molecular weight is 605 g/mol. The summed E-state index contributed by atoms with van der Waals surface area (Å²) in [5, 5.41) is 0. The van der Waals surface area contributed by atoms with Crippen LogP contribution in [-0.2, 0) is 9.05 Å². The summed E-state index contributed by atoms with van der Waals surface area (Å²) in [5.74, 6) is 0. The Morgan fingerprint density at radius 1 is 0.293 bits per heavy atom. The summed E-state index contributed by atoms with van der Waals surface area (Å²) in [6.45, 7) is 5.37. The number of unbranched alkanes of at least 4 members (excludes halogenated alkanes) is 30. The van der Waals surface area contributed by atoms with Crippen LogP contribution in [0.15, 0.2) is 0 Å². The van der Waals surface area contributed by atoms with Crippen LogP contribution in [0.5, 0.6) is 0 Å². The summed E-state index contributed by atoms with van der Waals surface area (Å²) in [7, 11) is -3.92. The summed E-state index contributed by atoms with van der Waals surface area (Å²) in [4.78, 5) is 20.0.